The molecule has 1 saturated heterocycles. The lowest BCUT2D eigenvalue weighted by Gasteiger charge is -2.26. The molecule has 0 atom stereocenters. The third kappa shape index (κ3) is 4.44. The highest BCUT2D eigenvalue weighted by Crippen LogP contribution is 2.31. The van der Waals surface area contributed by atoms with Gasteiger partial charge in [-0.15, -0.1) is 0 Å². The second-order valence-corrected chi connectivity index (χ2v) is 10.1. The Bertz CT molecular complexity index is 1290. The van der Waals surface area contributed by atoms with Crippen LogP contribution in [-0.4, -0.2) is 43.8 Å². The van der Waals surface area contributed by atoms with Crippen molar-refractivity contribution in [3.05, 3.63) is 58.7 Å². The zero-order chi connectivity index (χ0) is 22.9. The molecule has 1 aliphatic heterocycles. The van der Waals surface area contributed by atoms with Gasteiger partial charge in [0.25, 0.3) is 5.91 Å². The number of aromatic nitrogens is 1. The molecule has 1 amide bonds. The summed E-state index contributed by atoms with van der Waals surface area (Å²) in [5.41, 5.74) is 2.04. The van der Waals surface area contributed by atoms with Crippen molar-refractivity contribution in [3.63, 3.8) is 0 Å². The molecule has 32 heavy (non-hydrogen) atoms. The Hall–Kier alpha value is -2.68. The zero-order valence-electron chi connectivity index (χ0n) is 17.9. The molecular formula is C23H24ClN3O4S. The second kappa shape index (κ2) is 9.05. The minimum Gasteiger partial charge on any atom is -0.495 e. The molecule has 168 valence electrons. The van der Waals surface area contributed by atoms with E-state index in [0.717, 1.165) is 30.2 Å². The first-order valence-corrected chi connectivity index (χ1v) is 12.2. The zero-order valence-corrected chi connectivity index (χ0v) is 19.5. The number of hydrogen-bond donors (Lipinski definition) is 1. The van der Waals surface area contributed by atoms with Crippen LogP contribution in [0.1, 0.15) is 35.3 Å². The number of halogens is 1. The quantitative estimate of drug-likeness (QED) is 0.583. The maximum Gasteiger partial charge on any atom is 0.257 e. The van der Waals surface area contributed by atoms with Crippen LogP contribution in [0.4, 0.5) is 5.69 Å². The summed E-state index contributed by atoms with van der Waals surface area (Å²) in [4.78, 5) is 17.5. The number of anilines is 1. The molecule has 2 heterocycles. The molecule has 0 spiro atoms. The lowest BCUT2D eigenvalue weighted by molar-refractivity contribution is 0.102. The van der Waals surface area contributed by atoms with Crippen molar-refractivity contribution in [3.8, 4) is 5.75 Å². The highest BCUT2D eigenvalue weighted by molar-refractivity contribution is 7.89. The molecule has 1 N–H and O–H groups in total. The van der Waals surface area contributed by atoms with Crippen LogP contribution < -0.4 is 10.1 Å². The van der Waals surface area contributed by atoms with Gasteiger partial charge in [0.05, 0.1) is 23.9 Å². The van der Waals surface area contributed by atoms with Crippen LogP contribution in [0.3, 0.4) is 0 Å². The Balaban J connectivity index is 1.66. The van der Waals surface area contributed by atoms with Crippen LogP contribution in [0.25, 0.3) is 10.9 Å². The van der Waals surface area contributed by atoms with Crippen molar-refractivity contribution in [2.45, 2.75) is 31.1 Å². The monoisotopic (exact) mass is 473 g/mol. The van der Waals surface area contributed by atoms with Crippen molar-refractivity contribution < 1.29 is 17.9 Å². The number of nitrogens with zero attached hydrogens (tertiary/aromatic N) is 2. The highest BCUT2D eigenvalue weighted by Gasteiger charge is 2.29. The fourth-order valence-electron chi connectivity index (χ4n) is 3.87. The number of piperidine rings is 1. The summed E-state index contributed by atoms with van der Waals surface area (Å²) < 4.78 is 33.2. The molecule has 9 heteroatoms. The first kappa shape index (κ1) is 22.5. The van der Waals surface area contributed by atoms with E-state index in [9.17, 15) is 13.2 Å². The lowest BCUT2D eigenvalue weighted by Crippen LogP contribution is -2.35. The van der Waals surface area contributed by atoms with Crippen LogP contribution in [0, 0.1) is 6.92 Å². The van der Waals surface area contributed by atoms with Gasteiger partial charge in [-0.1, -0.05) is 18.0 Å². The van der Waals surface area contributed by atoms with E-state index in [2.05, 4.69) is 10.3 Å². The van der Waals surface area contributed by atoms with Gasteiger partial charge in [-0.3, -0.25) is 9.78 Å². The molecule has 1 aliphatic rings. The fourth-order valence-corrected chi connectivity index (χ4v) is 5.75. The van der Waals surface area contributed by atoms with Gasteiger partial charge in [-0.2, -0.15) is 4.31 Å². The molecule has 1 fully saturated rings. The maximum absolute atomic E-state index is 13.2. The molecule has 0 aliphatic carbocycles. The molecule has 4 rings (SSSR count). The van der Waals surface area contributed by atoms with Gasteiger partial charge in [0, 0.05) is 29.2 Å². The first-order chi connectivity index (χ1) is 15.3. The van der Waals surface area contributed by atoms with Crippen LogP contribution in [0.5, 0.6) is 5.75 Å². The first-order valence-electron chi connectivity index (χ1n) is 10.4. The molecule has 3 aromatic rings. The van der Waals surface area contributed by atoms with E-state index in [1.54, 1.807) is 43.3 Å². The summed E-state index contributed by atoms with van der Waals surface area (Å²) >= 11 is 6.07. The molecule has 0 bridgehead atoms. The van der Waals surface area contributed by atoms with Crippen molar-refractivity contribution >= 4 is 44.1 Å². The van der Waals surface area contributed by atoms with Crippen LogP contribution >= 0.6 is 11.6 Å². The summed E-state index contributed by atoms with van der Waals surface area (Å²) in [7, 11) is -2.31. The van der Waals surface area contributed by atoms with Gasteiger partial charge in [0.1, 0.15) is 10.6 Å². The summed E-state index contributed by atoms with van der Waals surface area (Å²) in [6.07, 6.45) is 2.68. The molecule has 7 nitrogen and oxygen atoms in total. The number of carbonyl (C=O) groups excluding carboxylic acids is 1. The Morgan fingerprint density at radius 3 is 2.56 bits per heavy atom. The van der Waals surface area contributed by atoms with Crippen molar-refractivity contribution in [2.24, 2.45) is 0 Å². The smallest absolute Gasteiger partial charge is 0.257 e. The number of sulfonamides is 1. The number of methoxy groups -OCH3 is 1. The largest absolute Gasteiger partial charge is 0.495 e. The predicted octanol–water partition coefficient (Wildman–Crippen LogP) is 4.63. The minimum absolute atomic E-state index is 0.0415. The van der Waals surface area contributed by atoms with E-state index >= 15 is 0 Å². The molecular weight excluding hydrogens is 450 g/mol. The van der Waals surface area contributed by atoms with Crippen molar-refractivity contribution in [1.82, 2.24) is 9.29 Å². The van der Waals surface area contributed by atoms with E-state index in [1.807, 2.05) is 0 Å². The summed E-state index contributed by atoms with van der Waals surface area (Å²) in [6.45, 7) is 2.71. The molecule has 0 saturated carbocycles. The average Bonchev–Trinajstić information content (AvgIpc) is 2.79. The normalized spacial score (nSPS) is 15.0. The van der Waals surface area contributed by atoms with Crippen molar-refractivity contribution in [1.29, 1.82) is 0 Å². The number of aryl methyl sites for hydroxylation is 1. The van der Waals surface area contributed by atoms with E-state index in [1.165, 1.54) is 17.5 Å². The van der Waals surface area contributed by atoms with E-state index < -0.39 is 10.0 Å². The fraction of sp³-hybridized carbons (Fsp3) is 0.304. The summed E-state index contributed by atoms with van der Waals surface area (Å²) in [6, 6.07) is 11.6. The molecule has 0 unspecified atom stereocenters. The maximum atomic E-state index is 13.2. The van der Waals surface area contributed by atoms with E-state index in [4.69, 9.17) is 16.3 Å². The van der Waals surface area contributed by atoms with Gasteiger partial charge in [-0.25, -0.2) is 8.42 Å². The Kier molecular flexibility index (Phi) is 6.37. The molecule has 0 radical (unpaired) electrons. The van der Waals surface area contributed by atoms with Crippen LogP contribution in [-0.2, 0) is 10.0 Å². The lowest BCUT2D eigenvalue weighted by atomic mass is 10.1. The topological polar surface area (TPSA) is 88.6 Å². The van der Waals surface area contributed by atoms with Crippen LogP contribution in [0.2, 0.25) is 5.02 Å². The number of carbonyl (C=O) groups is 1. The summed E-state index contributed by atoms with van der Waals surface area (Å²) in [5.74, 6) is -0.143. The molecule has 1 aromatic heterocycles. The Morgan fingerprint density at radius 2 is 1.84 bits per heavy atom. The number of ether oxygens (including phenoxy) is 1. The number of fused-ring (bicyclic) bond motifs is 1. The second-order valence-electron chi connectivity index (χ2n) is 7.74. The van der Waals surface area contributed by atoms with Gasteiger partial charge in [0.15, 0.2) is 0 Å². The van der Waals surface area contributed by atoms with Gasteiger partial charge < -0.3 is 10.1 Å². The predicted molar refractivity (Wildman–Crippen MR) is 125 cm³/mol. The highest BCUT2D eigenvalue weighted by atomic mass is 35.5. The van der Waals surface area contributed by atoms with Gasteiger partial charge in [0.2, 0.25) is 10.0 Å². The molecule has 2 aromatic carbocycles. The number of nitrogens with one attached hydrogen (secondary N) is 1. The third-order valence-electron chi connectivity index (χ3n) is 5.57. The summed E-state index contributed by atoms with van der Waals surface area (Å²) in [5, 5.41) is 4.09. The number of hydrogen-bond acceptors (Lipinski definition) is 5. The van der Waals surface area contributed by atoms with Crippen LogP contribution in [0.15, 0.2) is 47.4 Å². The SMILES string of the molecule is COc1ccc(NC(=O)c2cc3cc(Cl)ccc3nc2C)cc1S(=O)(=O)N1CCCCC1. The van der Waals surface area contributed by atoms with E-state index in [-0.39, 0.29) is 16.6 Å². The Morgan fingerprint density at radius 1 is 1.09 bits per heavy atom. The van der Waals surface area contributed by atoms with Crippen molar-refractivity contribution in [2.75, 3.05) is 25.5 Å². The number of amides is 1. The Labute approximate surface area is 192 Å². The number of rotatable bonds is 5. The van der Waals surface area contributed by atoms with Gasteiger partial charge in [-0.05, 0) is 62.2 Å². The van der Waals surface area contributed by atoms with Gasteiger partial charge >= 0.3 is 0 Å². The number of pyridine rings is 1. The average molecular weight is 474 g/mol. The standard InChI is InChI=1S/C23H24ClN3O4S/c1-15-19(13-16-12-17(24)6-8-20(16)25-15)23(28)26-18-7-9-21(31-2)22(14-18)32(29,30)27-10-4-3-5-11-27/h6-9,12-14H,3-5,10-11H2,1-2H3,(H,26,28). The third-order valence-corrected chi connectivity index (χ3v) is 7.72. The minimum atomic E-state index is -3.74. The number of benzene rings is 2. The van der Waals surface area contributed by atoms with E-state index in [0.29, 0.717) is 35.1 Å².